The van der Waals surface area contributed by atoms with Crippen molar-refractivity contribution >= 4 is 5.97 Å². The van der Waals surface area contributed by atoms with Gasteiger partial charge in [0.05, 0.1) is 11.8 Å². The van der Waals surface area contributed by atoms with E-state index in [1.807, 2.05) is 20.0 Å². The quantitative estimate of drug-likeness (QED) is 0.849. The summed E-state index contributed by atoms with van der Waals surface area (Å²) in [5, 5.41) is 8.92. The minimum atomic E-state index is -0.951. The topological polar surface area (TPSA) is 62.9 Å². The number of nitrogens with zero attached hydrogens (tertiary/aromatic N) is 1. The molecule has 5 heteroatoms. The molecule has 0 fully saturated rings. The van der Waals surface area contributed by atoms with Gasteiger partial charge in [-0.05, 0) is 38.2 Å². The maximum Gasteiger partial charge on any atom is 0.335 e. The zero-order valence-corrected chi connectivity index (χ0v) is 12.2. The highest BCUT2D eigenvalue weighted by Crippen LogP contribution is 2.14. The summed E-state index contributed by atoms with van der Waals surface area (Å²) in [5.41, 5.74) is 1.39. The first-order chi connectivity index (χ1) is 10.1. The highest BCUT2D eigenvalue weighted by molar-refractivity contribution is 5.87. The van der Waals surface area contributed by atoms with Crippen LogP contribution in [0.3, 0.4) is 0 Å². The summed E-state index contributed by atoms with van der Waals surface area (Å²) in [5.74, 6) is 0.549. The fourth-order valence-corrected chi connectivity index (χ4v) is 1.98. The van der Waals surface area contributed by atoms with E-state index in [0.29, 0.717) is 12.4 Å². The molecule has 0 saturated carbocycles. The first-order valence-electron chi connectivity index (χ1n) is 6.74. The minimum absolute atomic E-state index is 0.231. The second-order valence-corrected chi connectivity index (χ2v) is 4.92. The molecular weight excluding hydrogens is 270 g/mol. The first kappa shape index (κ1) is 15.1. The molecule has 1 aromatic heterocycles. The molecule has 5 nitrogen and oxygen atoms in total. The number of likely N-dealkylation sites (N-methyl/N-ethyl adjacent to an activating group) is 1. The van der Waals surface area contributed by atoms with E-state index in [2.05, 4.69) is 4.90 Å². The van der Waals surface area contributed by atoms with Gasteiger partial charge in [-0.2, -0.15) is 0 Å². The Morgan fingerprint density at radius 3 is 2.86 bits per heavy atom. The number of ether oxygens (including phenoxy) is 1. The lowest BCUT2D eigenvalue weighted by molar-refractivity contribution is 0.0696. The van der Waals surface area contributed by atoms with Crippen LogP contribution in [0, 0.1) is 6.92 Å². The van der Waals surface area contributed by atoms with Crippen molar-refractivity contribution in [2.24, 2.45) is 0 Å². The van der Waals surface area contributed by atoms with E-state index in [9.17, 15) is 4.79 Å². The Morgan fingerprint density at radius 2 is 2.19 bits per heavy atom. The molecule has 0 amide bonds. The highest BCUT2D eigenvalue weighted by Gasteiger charge is 2.07. The molecule has 1 aromatic carbocycles. The minimum Gasteiger partial charge on any atom is -0.492 e. The van der Waals surface area contributed by atoms with Crippen LogP contribution < -0.4 is 4.74 Å². The molecule has 0 radical (unpaired) electrons. The van der Waals surface area contributed by atoms with Crippen molar-refractivity contribution in [3.63, 3.8) is 0 Å². The van der Waals surface area contributed by atoms with Crippen molar-refractivity contribution in [2.75, 3.05) is 20.2 Å². The lowest BCUT2D eigenvalue weighted by atomic mass is 10.2. The summed E-state index contributed by atoms with van der Waals surface area (Å²) < 4.78 is 10.8. The number of aryl methyl sites for hydroxylation is 1. The Morgan fingerprint density at radius 1 is 1.38 bits per heavy atom. The number of carbonyl (C=O) groups is 1. The fraction of sp³-hybridized carbons (Fsp3) is 0.312. The molecule has 21 heavy (non-hydrogen) atoms. The fourth-order valence-electron chi connectivity index (χ4n) is 1.98. The van der Waals surface area contributed by atoms with E-state index < -0.39 is 5.97 Å². The van der Waals surface area contributed by atoms with Gasteiger partial charge in [0, 0.05) is 18.7 Å². The molecule has 0 bridgehead atoms. The third-order valence-electron chi connectivity index (χ3n) is 3.23. The molecule has 2 rings (SSSR count). The largest absolute Gasteiger partial charge is 0.492 e. The van der Waals surface area contributed by atoms with Gasteiger partial charge in [0.15, 0.2) is 0 Å². The van der Waals surface area contributed by atoms with Crippen molar-refractivity contribution in [3.05, 3.63) is 53.5 Å². The van der Waals surface area contributed by atoms with Gasteiger partial charge in [0.1, 0.15) is 18.1 Å². The van der Waals surface area contributed by atoms with Crippen LogP contribution in [0.5, 0.6) is 5.75 Å². The second kappa shape index (κ2) is 6.95. The maximum atomic E-state index is 10.9. The lowest BCUT2D eigenvalue weighted by Crippen LogP contribution is -2.24. The Balaban J connectivity index is 1.80. The van der Waals surface area contributed by atoms with Crippen LogP contribution in [0.15, 0.2) is 41.0 Å². The summed E-state index contributed by atoms with van der Waals surface area (Å²) in [6, 6.07) is 8.47. The number of aromatic carboxylic acids is 1. The van der Waals surface area contributed by atoms with E-state index >= 15 is 0 Å². The Kier molecular flexibility index (Phi) is 5.00. The molecule has 1 N–H and O–H groups in total. The van der Waals surface area contributed by atoms with Crippen LogP contribution in [0.25, 0.3) is 0 Å². The van der Waals surface area contributed by atoms with Gasteiger partial charge in [0.25, 0.3) is 0 Å². The molecule has 0 spiro atoms. The third kappa shape index (κ3) is 4.36. The van der Waals surface area contributed by atoms with Gasteiger partial charge < -0.3 is 14.3 Å². The summed E-state index contributed by atoms with van der Waals surface area (Å²) >= 11 is 0. The Bertz CT molecular complexity index is 606. The van der Waals surface area contributed by atoms with Crippen molar-refractivity contribution in [1.29, 1.82) is 0 Å². The molecule has 0 unspecified atom stereocenters. The van der Waals surface area contributed by atoms with Crippen LogP contribution in [-0.2, 0) is 6.54 Å². The Hall–Kier alpha value is -2.27. The predicted molar refractivity (Wildman–Crippen MR) is 78.7 cm³/mol. The van der Waals surface area contributed by atoms with Crippen LogP contribution in [0.2, 0.25) is 0 Å². The third-order valence-corrected chi connectivity index (χ3v) is 3.23. The summed E-state index contributed by atoms with van der Waals surface area (Å²) in [6.45, 7) is 3.97. The van der Waals surface area contributed by atoms with Gasteiger partial charge in [-0.1, -0.05) is 6.07 Å². The number of hydrogen-bond donors (Lipinski definition) is 1. The normalized spacial score (nSPS) is 10.8. The SMILES string of the molecule is Cc1occc1CN(C)CCOc1cccc(C(=O)O)c1. The summed E-state index contributed by atoms with van der Waals surface area (Å²) in [6.07, 6.45) is 1.69. The van der Waals surface area contributed by atoms with Gasteiger partial charge in [0.2, 0.25) is 0 Å². The molecule has 0 aliphatic carbocycles. The highest BCUT2D eigenvalue weighted by atomic mass is 16.5. The van der Waals surface area contributed by atoms with Gasteiger partial charge in [-0.15, -0.1) is 0 Å². The lowest BCUT2D eigenvalue weighted by Gasteiger charge is -2.16. The average molecular weight is 289 g/mol. The monoisotopic (exact) mass is 289 g/mol. The smallest absolute Gasteiger partial charge is 0.335 e. The zero-order valence-electron chi connectivity index (χ0n) is 12.2. The van der Waals surface area contributed by atoms with Crippen LogP contribution in [0.1, 0.15) is 21.7 Å². The zero-order chi connectivity index (χ0) is 15.2. The standard InChI is InChI=1S/C16H19NO4/c1-12-14(6-8-20-12)11-17(2)7-9-21-15-5-3-4-13(10-15)16(18)19/h3-6,8,10H,7,9,11H2,1-2H3,(H,18,19). The van der Waals surface area contributed by atoms with E-state index in [4.69, 9.17) is 14.3 Å². The molecule has 0 atom stereocenters. The summed E-state index contributed by atoms with van der Waals surface area (Å²) in [4.78, 5) is 13.0. The van der Waals surface area contributed by atoms with Crippen LogP contribution >= 0.6 is 0 Å². The van der Waals surface area contributed by atoms with Crippen molar-refractivity contribution in [3.8, 4) is 5.75 Å². The molecule has 0 aliphatic heterocycles. The van der Waals surface area contributed by atoms with Gasteiger partial charge in [-0.25, -0.2) is 4.79 Å². The van der Waals surface area contributed by atoms with E-state index in [-0.39, 0.29) is 5.56 Å². The number of rotatable bonds is 7. The number of furan rings is 1. The second-order valence-electron chi connectivity index (χ2n) is 4.92. The van der Waals surface area contributed by atoms with Crippen molar-refractivity contribution in [2.45, 2.75) is 13.5 Å². The molecule has 2 aromatic rings. The van der Waals surface area contributed by atoms with E-state index in [0.717, 1.165) is 24.4 Å². The van der Waals surface area contributed by atoms with Gasteiger partial charge >= 0.3 is 5.97 Å². The molecular formula is C16H19NO4. The molecule has 112 valence electrons. The van der Waals surface area contributed by atoms with Gasteiger partial charge in [-0.3, -0.25) is 4.90 Å². The first-order valence-corrected chi connectivity index (χ1v) is 6.74. The van der Waals surface area contributed by atoms with E-state index in [1.165, 1.54) is 6.07 Å². The number of carboxylic acids is 1. The average Bonchev–Trinajstić information content (AvgIpc) is 2.84. The molecule has 1 heterocycles. The Labute approximate surface area is 123 Å². The number of carboxylic acid groups (broad SMARTS) is 1. The molecule has 0 saturated heterocycles. The summed E-state index contributed by atoms with van der Waals surface area (Å²) in [7, 11) is 2.00. The predicted octanol–water partition coefficient (Wildman–Crippen LogP) is 2.80. The number of benzene rings is 1. The molecule has 0 aliphatic rings. The van der Waals surface area contributed by atoms with Crippen molar-refractivity contribution < 1.29 is 19.1 Å². The van der Waals surface area contributed by atoms with Crippen LogP contribution in [0.4, 0.5) is 0 Å². The van der Waals surface area contributed by atoms with Crippen molar-refractivity contribution in [1.82, 2.24) is 4.90 Å². The van der Waals surface area contributed by atoms with Crippen LogP contribution in [-0.4, -0.2) is 36.2 Å². The van der Waals surface area contributed by atoms with E-state index in [1.54, 1.807) is 24.5 Å². The maximum absolute atomic E-state index is 10.9. The number of hydrogen-bond acceptors (Lipinski definition) is 4.